The summed E-state index contributed by atoms with van der Waals surface area (Å²) in [4.78, 5) is 18.1. The predicted molar refractivity (Wildman–Crippen MR) is 118 cm³/mol. The Bertz CT molecular complexity index is 863. The zero-order chi connectivity index (χ0) is 21.7. The van der Waals surface area contributed by atoms with Gasteiger partial charge in [0.25, 0.3) is 0 Å². The molecule has 0 spiro atoms. The highest BCUT2D eigenvalue weighted by Gasteiger charge is 2.24. The van der Waals surface area contributed by atoms with Gasteiger partial charge in [0.2, 0.25) is 0 Å². The minimum Gasteiger partial charge on any atom is -0.495 e. The molecule has 0 saturated carbocycles. The number of rotatable bonds is 6. The van der Waals surface area contributed by atoms with Crippen LogP contribution in [0.25, 0.3) is 0 Å². The number of benzene rings is 2. The van der Waals surface area contributed by atoms with Gasteiger partial charge in [-0.25, -0.2) is 4.79 Å². The molecular formula is C23H31N3O4. The third-order valence-corrected chi connectivity index (χ3v) is 5.52. The second kappa shape index (κ2) is 9.71. The van der Waals surface area contributed by atoms with Crippen molar-refractivity contribution >= 4 is 11.8 Å². The number of amides is 1. The smallest absolute Gasteiger partial charge is 0.414 e. The quantitative estimate of drug-likeness (QED) is 0.721. The van der Waals surface area contributed by atoms with E-state index in [9.17, 15) is 4.79 Å². The minimum atomic E-state index is -0.429. The summed E-state index contributed by atoms with van der Waals surface area (Å²) in [5.74, 6) is 1.89. The summed E-state index contributed by atoms with van der Waals surface area (Å²) in [6, 6.07) is 14.1. The minimum absolute atomic E-state index is 0.220. The van der Waals surface area contributed by atoms with Gasteiger partial charge in [0, 0.05) is 46.3 Å². The number of ether oxygens (including phenoxy) is 3. The van der Waals surface area contributed by atoms with Crippen LogP contribution in [-0.4, -0.2) is 70.4 Å². The molecule has 1 unspecified atom stereocenters. The summed E-state index contributed by atoms with van der Waals surface area (Å²) in [6.45, 7) is 5.94. The molecule has 0 radical (unpaired) electrons. The molecule has 2 aromatic rings. The Kier molecular flexibility index (Phi) is 7.05. The van der Waals surface area contributed by atoms with Gasteiger partial charge in [-0.05, 0) is 36.8 Å². The number of para-hydroxylation sites is 2. The first kappa shape index (κ1) is 21.8. The monoisotopic (exact) mass is 413 g/mol. The van der Waals surface area contributed by atoms with Crippen molar-refractivity contribution in [3.8, 4) is 17.2 Å². The van der Waals surface area contributed by atoms with Crippen LogP contribution >= 0.6 is 0 Å². The summed E-state index contributed by atoms with van der Waals surface area (Å²) in [6.07, 6.45) is -0.429. The van der Waals surface area contributed by atoms with Crippen molar-refractivity contribution in [1.29, 1.82) is 0 Å². The SMILES string of the molecule is COc1cc(C(C)N2CCN(c3ccccc3OC)CC2)ccc1OC(=O)N(C)C. The van der Waals surface area contributed by atoms with Crippen molar-refractivity contribution in [3.05, 3.63) is 48.0 Å². The molecule has 0 aromatic heterocycles. The van der Waals surface area contributed by atoms with Gasteiger partial charge in [-0.1, -0.05) is 18.2 Å². The van der Waals surface area contributed by atoms with Gasteiger partial charge in [-0.15, -0.1) is 0 Å². The maximum Gasteiger partial charge on any atom is 0.414 e. The van der Waals surface area contributed by atoms with Crippen LogP contribution in [-0.2, 0) is 0 Å². The number of carbonyl (C=O) groups is 1. The number of nitrogens with zero attached hydrogens (tertiary/aromatic N) is 3. The van der Waals surface area contributed by atoms with Crippen molar-refractivity contribution in [2.24, 2.45) is 0 Å². The fourth-order valence-corrected chi connectivity index (χ4v) is 3.67. The Hall–Kier alpha value is -2.93. The van der Waals surface area contributed by atoms with E-state index in [4.69, 9.17) is 14.2 Å². The van der Waals surface area contributed by atoms with E-state index in [2.05, 4.69) is 22.8 Å². The van der Waals surface area contributed by atoms with E-state index in [1.807, 2.05) is 30.3 Å². The lowest BCUT2D eigenvalue weighted by Gasteiger charge is -2.39. The van der Waals surface area contributed by atoms with E-state index < -0.39 is 6.09 Å². The summed E-state index contributed by atoms with van der Waals surface area (Å²) < 4.78 is 16.4. The van der Waals surface area contributed by atoms with Crippen LogP contribution in [0.2, 0.25) is 0 Å². The van der Waals surface area contributed by atoms with Gasteiger partial charge in [-0.2, -0.15) is 0 Å². The van der Waals surface area contributed by atoms with E-state index in [-0.39, 0.29) is 6.04 Å². The molecule has 2 aromatic carbocycles. The summed E-state index contributed by atoms with van der Waals surface area (Å²) in [7, 11) is 6.60. The van der Waals surface area contributed by atoms with Crippen LogP contribution in [0.5, 0.6) is 17.2 Å². The van der Waals surface area contributed by atoms with E-state index in [0.29, 0.717) is 11.5 Å². The highest BCUT2D eigenvalue weighted by Crippen LogP contribution is 2.34. The van der Waals surface area contributed by atoms with Crippen molar-refractivity contribution in [2.45, 2.75) is 13.0 Å². The highest BCUT2D eigenvalue weighted by atomic mass is 16.6. The van der Waals surface area contributed by atoms with Gasteiger partial charge in [0.1, 0.15) is 5.75 Å². The molecule has 1 aliphatic heterocycles. The Morgan fingerprint density at radius 3 is 2.23 bits per heavy atom. The maximum absolute atomic E-state index is 11.9. The van der Waals surface area contributed by atoms with Gasteiger partial charge in [0.15, 0.2) is 11.5 Å². The fourth-order valence-electron chi connectivity index (χ4n) is 3.67. The number of piperazine rings is 1. The molecule has 7 heteroatoms. The molecule has 0 bridgehead atoms. The van der Waals surface area contributed by atoms with Gasteiger partial charge < -0.3 is 24.0 Å². The Morgan fingerprint density at radius 1 is 0.933 bits per heavy atom. The lowest BCUT2D eigenvalue weighted by molar-refractivity contribution is 0.170. The Morgan fingerprint density at radius 2 is 1.60 bits per heavy atom. The molecule has 1 saturated heterocycles. The first-order valence-corrected chi connectivity index (χ1v) is 10.1. The van der Waals surface area contributed by atoms with Gasteiger partial charge in [-0.3, -0.25) is 4.90 Å². The van der Waals surface area contributed by atoms with Crippen molar-refractivity contribution in [3.63, 3.8) is 0 Å². The van der Waals surface area contributed by atoms with E-state index in [1.54, 1.807) is 34.4 Å². The maximum atomic E-state index is 11.9. The summed E-state index contributed by atoms with van der Waals surface area (Å²) >= 11 is 0. The lowest BCUT2D eigenvalue weighted by Crippen LogP contribution is -2.47. The average molecular weight is 414 g/mol. The number of anilines is 1. The van der Waals surface area contributed by atoms with Crippen LogP contribution in [0.3, 0.4) is 0 Å². The molecule has 1 heterocycles. The molecule has 30 heavy (non-hydrogen) atoms. The van der Waals surface area contributed by atoms with E-state index in [1.165, 1.54) is 4.90 Å². The molecule has 0 N–H and O–H groups in total. The topological polar surface area (TPSA) is 54.5 Å². The van der Waals surface area contributed by atoms with Crippen LogP contribution < -0.4 is 19.1 Å². The Labute approximate surface area is 178 Å². The number of hydrogen-bond acceptors (Lipinski definition) is 6. The molecular weight excluding hydrogens is 382 g/mol. The zero-order valence-corrected chi connectivity index (χ0v) is 18.4. The van der Waals surface area contributed by atoms with Crippen LogP contribution in [0.15, 0.2) is 42.5 Å². The molecule has 0 aliphatic carbocycles. The largest absolute Gasteiger partial charge is 0.495 e. The fraction of sp³-hybridized carbons (Fsp3) is 0.435. The first-order chi connectivity index (χ1) is 14.4. The zero-order valence-electron chi connectivity index (χ0n) is 18.4. The molecule has 1 amide bonds. The molecule has 1 aliphatic rings. The molecule has 7 nitrogen and oxygen atoms in total. The van der Waals surface area contributed by atoms with Crippen molar-refractivity contribution in [1.82, 2.24) is 9.80 Å². The van der Waals surface area contributed by atoms with E-state index >= 15 is 0 Å². The third-order valence-electron chi connectivity index (χ3n) is 5.52. The average Bonchev–Trinajstić information content (AvgIpc) is 2.78. The standard InChI is InChI=1S/C23H31N3O4/c1-17(18-10-11-21(22(16-18)29-5)30-23(27)24(2)3)25-12-14-26(15-13-25)19-8-6-7-9-20(19)28-4/h6-11,16-17H,12-15H2,1-5H3. The predicted octanol–water partition coefficient (Wildman–Crippen LogP) is 3.65. The number of carbonyl (C=O) groups excluding carboxylic acids is 1. The van der Waals surface area contributed by atoms with Crippen molar-refractivity contribution in [2.75, 3.05) is 59.4 Å². The van der Waals surface area contributed by atoms with Crippen LogP contribution in [0.4, 0.5) is 10.5 Å². The van der Waals surface area contributed by atoms with Crippen LogP contribution in [0.1, 0.15) is 18.5 Å². The summed E-state index contributed by atoms with van der Waals surface area (Å²) in [5.41, 5.74) is 2.27. The molecule has 1 atom stereocenters. The number of methoxy groups -OCH3 is 2. The van der Waals surface area contributed by atoms with Crippen molar-refractivity contribution < 1.29 is 19.0 Å². The number of hydrogen-bond donors (Lipinski definition) is 0. The van der Waals surface area contributed by atoms with E-state index in [0.717, 1.165) is 43.2 Å². The normalized spacial score (nSPS) is 15.4. The Balaban J connectivity index is 1.67. The molecule has 1 fully saturated rings. The van der Waals surface area contributed by atoms with Gasteiger partial charge in [0.05, 0.1) is 19.9 Å². The first-order valence-electron chi connectivity index (χ1n) is 10.1. The molecule has 162 valence electrons. The van der Waals surface area contributed by atoms with Crippen LogP contribution in [0, 0.1) is 0 Å². The third kappa shape index (κ3) is 4.79. The molecule has 3 rings (SSSR count). The second-order valence-electron chi connectivity index (χ2n) is 7.54. The lowest BCUT2D eigenvalue weighted by atomic mass is 10.0. The second-order valence-corrected chi connectivity index (χ2v) is 7.54. The summed E-state index contributed by atoms with van der Waals surface area (Å²) in [5, 5.41) is 0. The van der Waals surface area contributed by atoms with Gasteiger partial charge >= 0.3 is 6.09 Å². The highest BCUT2D eigenvalue weighted by molar-refractivity contribution is 5.71.